The molecular weight excluding hydrogens is 396 g/mol. The molecule has 0 saturated heterocycles. The van der Waals surface area contributed by atoms with E-state index in [0.29, 0.717) is 12.5 Å². The number of aliphatic hydroxyl groups excluding tert-OH is 1. The molecule has 2 heterocycles. The number of halogens is 1. The molecule has 5 heteroatoms. The monoisotopic (exact) mass is 426 g/mol. The molecule has 1 aliphatic heterocycles. The summed E-state index contributed by atoms with van der Waals surface area (Å²) < 4.78 is 0. The predicted octanol–water partition coefficient (Wildman–Crippen LogP) is 5.85. The number of rotatable bonds is 5. The van der Waals surface area contributed by atoms with E-state index in [-0.39, 0.29) is 6.04 Å². The number of carbonyl (C=O) groups is 1. The van der Waals surface area contributed by atoms with Crippen LogP contribution in [-0.4, -0.2) is 34.6 Å². The van der Waals surface area contributed by atoms with E-state index in [1.807, 2.05) is 36.1 Å². The average molecular weight is 427 g/mol. The van der Waals surface area contributed by atoms with E-state index < -0.39 is 0 Å². The van der Waals surface area contributed by atoms with Gasteiger partial charge in [-0.3, -0.25) is 4.79 Å². The van der Waals surface area contributed by atoms with Gasteiger partial charge in [-0.05, 0) is 60.9 Å². The van der Waals surface area contributed by atoms with Crippen molar-refractivity contribution in [2.45, 2.75) is 51.5 Å². The fraction of sp³-hybridized carbons (Fsp3) is 0.400. The molecule has 0 bridgehead atoms. The largest absolute Gasteiger partial charge is 0.396 e. The summed E-state index contributed by atoms with van der Waals surface area (Å²) in [5.41, 5.74) is 4.90. The standard InChI is InChI=1S/C22H23ClN2O.C3H8O/c1-15(16-6-3-2-4-7-16)12-21-22-18(8-5-11-25(21)14-26)19-13-17(23)9-10-20(19)24-22;1-2-3-4/h2-4,6-7,9-10,13-15,21,24H,5,8,11-12H2,1H3;4H,2-3H2,1H3. The van der Waals surface area contributed by atoms with Crippen LogP contribution in [0.3, 0.4) is 0 Å². The zero-order chi connectivity index (χ0) is 21.5. The first kappa shape index (κ1) is 22.4. The molecular formula is C25H31ClN2O2. The van der Waals surface area contributed by atoms with Crippen molar-refractivity contribution in [3.63, 3.8) is 0 Å². The van der Waals surface area contributed by atoms with Gasteiger partial charge in [-0.2, -0.15) is 0 Å². The van der Waals surface area contributed by atoms with Crippen molar-refractivity contribution in [2.75, 3.05) is 13.2 Å². The third-order valence-electron chi connectivity index (χ3n) is 5.78. The van der Waals surface area contributed by atoms with Gasteiger partial charge in [-0.1, -0.05) is 55.8 Å². The molecule has 2 atom stereocenters. The maximum atomic E-state index is 11.8. The number of amides is 1. The van der Waals surface area contributed by atoms with E-state index in [1.54, 1.807) is 0 Å². The van der Waals surface area contributed by atoms with E-state index in [9.17, 15) is 4.79 Å². The third-order valence-corrected chi connectivity index (χ3v) is 6.02. The Balaban J connectivity index is 0.000000589. The summed E-state index contributed by atoms with van der Waals surface area (Å²) in [5.74, 6) is 0.365. The lowest BCUT2D eigenvalue weighted by Crippen LogP contribution is -2.28. The van der Waals surface area contributed by atoms with Gasteiger partial charge in [-0.15, -0.1) is 0 Å². The van der Waals surface area contributed by atoms with E-state index in [1.165, 1.54) is 22.2 Å². The lowest BCUT2D eigenvalue weighted by molar-refractivity contribution is -0.120. The van der Waals surface area contributed by atoms with Crippen LogP contribution >= 0.6 is 11.6 Å². The SMILES string of the molecule is CC(CC1c2[nH]c3ccc(Cl)cc3c2CCCN1C=O)c1ccccc1.CCCO. The Morgan fingerprint density at radius 3 is 2.67 bits per heavy atom. The molecule has 0 saturated carbocycles. The van der Waals surface area contributed by atoms with Gasteiger partial charge in [0, 0.05) is 34.8 Å². The van der Waals surface area contributed by atoms with Gasteiger partial charge in [0.15, 0.2) is 0 Å². The molecule has 4 rings (SSSR count). The number of H-pyrrole nitrogens is 1. The molecule has 3 aromatic rings. The molecule has 1 amide bonds. The average Bonchev–Trinajstić information content (AvgIpc) is 3.04. The van der Waals surface area contributed by atoms with E-state index >= 15 is 0 Å². The van der Waals surface area contributed by atoms with Crippen molar-refractivity contribution in [2.24, 2.45) is 0 Å². The Morgan fingerprint density at radius 1 is 1.27 bits per heavy atom. The van der Waals surface area contributed by atoms with Crippen LogP contribution < -0.4 is 0 Å². The number of hydrogen-bond donors (Lipinski definition) is 2. The highest BCUT2D eigenvalue weighted by molar-refractivity contribution is 6.31. The molecule has 2 N–H and O–H groups in total. The Kier molecular flexibility index (Phi) is 7.94. The smallest absolute Gasteiger partial charge is 0.210 e. The highest BCUT2D eigenvalue weighted by Crippen LogP contribution is 2.39. The quantitative estimate of drug-likeness (QED) is 0.503. The van der Waals surface area contributed by atoms with Crippen LogP contribution in [0.2, 0.25) is 5.02 Å². The number of carbonyl (C=O) groups excluding carboxylic acids is 1. The Labute approximate surface area is 183 Å². The number of aliphatic hydroxyl groups is 1. The zero-order valence-electron chi connectivity index (χ0n) is 17.8. The number of nitrogens with one attached hydrogen (secondary N) is 1. The number of hydrogen-bond acceptors (Lipinski definition) is 2. The number of aromatic amines is 1. The first-order chi connectivity index (χ1) is 14.6. The molecule has 1 aromatic heterocycles. The maximum Gasteiger partial charge on any atom is 0.210 e. The topological polar surface area (TPSA) is 56.3 Å². The molecule has 0 aliphatic carbocycles. The second-order valence-electron chi connectivity index (χ2n) is 7.94. The number of fused-ring (bicyclic) bond motifs is 3. The lowest BCUT2D eigenvalue weighted by atomic mass is 9.91. The number of aryl methyl sites for hydroxylation is 1. The zero-order valence-corrected chi connectivity index (χ0v) is 18.5. The van der Waals surface area contributed by atoms with Crippen molar-refractivity contribution in [1.29, 1.82) is 0 Å². The van der Waals surface area contributed by atoms with E-state index in [2.05, 4.69) is 36.2 Å². The summed E-state index contributed by atoms with van der Waals surface area (Å²) in [6, 6.07) is 16.6. The van der Waals surface area contributed by atoms with Gasteiger partial charge < -0.3 is 15.0 Å². The van der Waals surface area contributed by atoms with Crippen molar-refractivity contribution in [3.05, 3.63) is 70.4 Å². The number of benzene rings is 2. The van der Waals surface area contributed by atoms with Crippen LogP contribution in [0.1, 0.15) is 61.9 Å². The molecule has 160 valence electrons. The van der Waals surface area contributed by atoms with Crippen LogP contribution in [-0.2, 0) is 11.2 Å². The fourth-order valence-electron chi connectivity index (χ4n) is 4.19. The molecule has 2 aromatic carbocycles. The molecule has 0 radical (unpaired) electrons. The molecule has 2 unspecified atom stereocenters. The van der Waals surface area contributed by atoms with E-state index in [4.69, 9.17) is 16.7 Å². The summed E-state index contributed by atoms with van der Waals surface area (Å²) in [7, 11) is 0. The Morgan fingerprint density at radius 2 is 2.00 bits per heavy atom. The minimum atomic E-state index is 0.0615. The highest BCUT2D eigenvalue weighted by atomic mass is 35.5. The van der Waals surface area contributed by atoms with Gasteiger partial charge in [0.25, 0.3) is 0 Å². The van der Waals surface area contributed by atoms with Crippen LogP contribution in [0, 0.1) is 0 Å². The van der Waals surface area contributed by atoms with Crippen molar-refractivity contribution in [1.82, 2.24) is 9.88 Å². The van der Waals surface area contributed by atoms with Crippen LogP contribution in [0.4, 0.5) is 0 Å². The molecule has 0 spiro atoms. The van der Waals surface area contributed by atoms with Gasteiger partial charge in [0.05, 0.1) is 6.04 Å². The lowest BCUT2D eigenvalue weighted by Gasteiger charge is -2.29. The molecule has 4 nitrogen and oxygen atoms in total. The minimum absolute atomic E-state index is 0.0615. The summed E-state index contributed by atoms with van der Waals surface area (Å²) in [4.78, 5) is 17.4. The summed E-state index contributed by atoms with van der Waals surface area (Å²) in [6.45, 7) is 5.28. The summed E-state index contributed by atoms with van der Waals surface area (Å²) >= 11 is 6.24. The van der Waals surface area contributed by atoms with Gasteiger partial charge in [0.2, 0.25) is 6.41 Å². The summed E-state index contributed by atoms with van der Waals surface area (Å²) in [5, 5.41) is 9.82. The Hall–Kier alpha value is -2.30. The summed E-state index contributed by atoms with van der Waals surface area (Å²) in [6.07, 6.45) is 4.73. The number of nitrogens with zero attached hydrogens (tertiary/aromatic N) is 1. The first-order valence-electron chi connectivity index (χ1n) is 10.8. The Bertz CT molecular complexity index is 952. The van der Waals surface area contributed by atoms with Crippen LogP contribution in [0.15, 0.2) is 48.5 Å². The van der Waals surface area contributed by atoms with Crippen molar-refractivity contribution >= 4 is 28.9 Å². The van der Waals surface area contributed by atoms with Gasteiger partial charge in [-0.25, -0.2) is 0 Å². The van der Waals surface area contributed by atoms with Gasteiger partial charge >= 0.3 is 0 Å². The van der Waals surface area contributed by atoms with Crippen LogP contribution in [0.5, 0.6) is 0 Å². The van der Waals surface area contributed by atoms with E-state index in [0.717, 1.165) is 49.2 Å². The maximum absolute atomic E-state index is 11.8. The predicted molar refractivity (Wildman–Crippen MR) is 124 cm³/mol. The minimum Gasteiger partial charge on any atom is -0.396 e. The van der Waals surface area contributed by atoms with Crippen molar-refractivity contribution < 1.29 is 9.90 Å². The van der Waals surface area contributed by atoms with Crippen molar-refractivity contribution in [3.8, 4) is 0 Å². The second-order valence-corrected chi connectivity index (χ2v) is 8.38. The van der Waals surface area contributed by atoms with Crippen LogP contribution in [0.25, 0.3) is 10.9 Å². The fourth-order valence-corrected chi connectivity index (χ4v) is 4.36. The van der Waals surface area contributed by atoms with Gasteiger partial charge in [0.1, 0.15) is 0 Å². The second kappa shape index (κ2) is 10.6. The first-order valence-corrected chi connectivity index (χ1v) is 11.1. The molecule has 0 fully saturated rings. The highest BCUT2D eigenvalue weighted by Gasteiger charge is 2.29. The normalized spacial score (nSPS) is 16.9. The molecule has 30 heavy (non-hydrogen) atoms. The number of aromatic nitrogens is 1. The molecule has 1 aliphatic rings. The third kappa shape index (κ3) is 5.05.